The number of hydrogen-bond donors (Lipinski definition) is 1. The minimum Gasteiger partial charge on any atom is -0.391 e. The molecule has 1 saturated heterocycles. The molecule has 2 aromatic carbocycles. The van der Waals surface area contributed by atoms with Crippen LogP contribution in [0.15, 0.2) is 51.7 Å². The summed E-state index contributed by atoms with van der Waals surface area (Å²) in [6.45, 7) is 8.90. The van der Waals surface area contributed by atoms with Gasteiger partial charge in [-0.3, -0.25) is 0 Å². The summed E-state index contributed by atoms with van der Waals surface area (Å²) < 4.78 is 35.8. The number of aryl methyl sites for hydroxylation is 2. The molecule has 1 aliphatic heterocycles. The Hall–Kier alpha value is -2.75. The molecule has 2 unspecified atom stereocenters. The van der Waals surface area contributed by atoms with Crippen LogP contribution in [0.3, 0.4) is 0 Å². The van der Waals surface area contributed by atoms with Crippen molar-refractivity contribution in [3.8, 4) is 0 Å². The van der Waals surface area contributed by atoms with Gasteiger partial charge in [-0.15, -0.1) is 5.10 Å². The third-order valence-corrected chi connectivity index (χ3v) is 9.42. The van der Waals surface area contributed by atoms with Crippen LogP contribution in [0.1, 0.15) is 71.4 Å². The first-order valence-corrected chi connectivity index (χ1v) is 13.4. The van der Waals surface area contributed by atoms with Crippen LogP contribution in [0, 0.1) is 20.8 Å². The second-order valence-corrected chi connectivity index (χ2v) is 11.5. The van der Waals surface area contributed by atoms with Crippen LogP contribution in [-0.2, 0) is 10.2 Å². The van der Waals surface area contributed by atoms with Crippen molar-refractivity contribution in [3.63, 3.8) is 0 Å². The summed E-state index contributed by atoms with van der Waals surface area (Å²) >= 11 is 0. The molecule has 188 valence electrons. The highest BCUT2D eigenvalue weighted by Crippen LogP contribution is 2.40. The molecule has 1 fully saturated rings. The van der Waals surface area contributed by atoms with Gasteiger partial charge in [-0.25, -0.2) is 9.89 Å². The van der Waals surface area contributed by atoms with Gasteiger partial charge in [0.25, 0.3) is 10.2 Å². The maximum atomic E-state index is 13.8. The van der Waals surface area contributed by atoms with E-state index in [0.717, 1.165) is 35.1 Å². The lowest BCUT2D eigenvalue weighted by molar-refractivity contribution is 0.238. The Morgan fingerprint density at radius 2 is 1.69 bits per heavy atom. The Morgan fingerprint density at radius 3 is 2.29 bits per heavy atom. The molecule has 9 heteroatoms. The number of hydrogen-bond acceptors (Lipinski definition) is 5. The molecule has 8 nitrogen and oxygen atoms in total. The highest BCUT2D eigenvalue weighted by atomic mass is 32.2. The minimum absolute atomic E-state index is 0.0630. The summed E-state index contributed by atoms with van der Waals surface area (Å²) in [6, 6.07) is 13.5. The molecule has 0 aliphatic carbocycles. The van der Waals surface area contributed by atoms with Crippen LogP contribution in [0.25, 0.3) is 0 Å². The van der Waals surface area contributed by atoms with Crippen molar-refractivity contribution in [1.29, 1.82) is 0 Å². The molecule has 0 saturated carbocycles. The lowest BCUT2D eigenvalue weighted by atomic mass is 9.85. The molecule has 0 amide bonds. The smallest absolute Gasteiger partial charge is 0.391 e. The average Bonchev–Trinajstić information content (AvgIpc) is 3.28. The fourth-order valence-corrected chi connectivity index (χ4v) is 6.95. The highest BCUT2D eigenvalue weighted by Gasteiger charge is 2.41. The Balaban J connectivity index is 1.64. The SMILES string of the molecule is Cc1ccc(C)c(C(C)C(c2n[nH]c(=O)o2)N(C)S(=O)(=O)N2CCC(c3ccccc3)CC2)c1C. The summed E-state index contributed by atoms with van der Waals surface area (Å²) in [5.74, 6) is -0.606. The van der Waals surface area contributed by atoms with Crippen molar-refractivity contribution in [2.24, 2.45) is 0 Å². The van der Waals surface area contributed by atoms with Gasteiger partial charge in [0.1, 0.15) is 6.04 Å². The number of aromatic nitrogens is 2. The number of aromatic amines is 1. The van der Waals surface area contributed by atoms with E-state index in [2.05, 4.69) is 28.4 Å². The summed E-state index contributed by atoms with van der Waals surface area (Å²) in [7, 11) is -2.29. The van der Waals surface area contributed by atoms with E-state index < -0.39 is 22.0 Å². The third-order valence-electron chi connectivity index (χ3n) is 7.45. The van der Waals surface area contributed by atoms with Gasteiger partial charge in [0.2, 0.25) is 5.89 Å². The second kappa shape index (κ2) is 10.1. The van der Waals surface area contributed by atoms with Gasteiger partial charge >= 0.3 is 5.76 Å². The Bertz CT molecular complexity index is 1320. The van der Waals surface area contributed by atoms with Crippen LogP contribution in [0.4, 0.5) is 0 Å². The molecule has 2 heterocycles. The predicted octanol–water partition coefficient (Wildman–Crippen LogP) is 4.19. The predicted molar refractivity (Wildman–Crippen MR) is 136 cm³/mol. The molecule has 1 aliphatic rings. The lowest BCUT2D eigenvalue weighted by Crippen LogP contribution is -2.47. The molecule has 35 heavy (non-hydrogen) atoms. The van der Waals surface area contributed by atoms with Crippen molar-refractivity contribution >= 4 is 10.2 Å². The van der Waals surface area contributed by atoms with E-state index in [1.165, 1.54) is 14.2 Å². The van der Waals surface area contributed by atoms with Gasteiger partial charge in [-0.05, 0) is 67.3 Å². The van der Waals surface area contributed by atoms with Crippen molar-refractivity contribution in [3.05, 3.63) is 86.7 Å². The number of H-pyrrole nitrogens is 1. The summed E-state index contributed by atoms with van der Waals surface area (Å²) in [5, 5.41) is 6.35. The molecule has 0 bridgehead atoms. The topological polar surface area (TPSA) is 99.5 Å². The Labute approximate surface area is 207 Å². The Morgan fingerprint density at radius 1 is 1.06 bits per heavy atom. The number of likely N-dealkylation sites (N-methyl/N-ethyl adjacent to an activating group) is 1. The van der Waals surface area contributed by atoms with E-state index in [4.69, 9.17) is 4.42 Å². The van der Waals surface area contributed by atoms with E-state index in [-0.39, 0.29) is 11.8 Å². The maximum absolute atomic E-state index is 13.8. The van der Waals surface area contributed by atoms with Crippen LogP contribution in [-0.4, -0.2) is 47.4 Å². The van der Waals surface area contributed by atoms with Gasteiger partial charge in [-0.2, -0.15) is 17.0 Å². The number of piperidine rings is 1. The van der Waals surface area contributed by atoms with Crippen molar-refractivity contribution in [1.82, 2.24) is 18.8 Å². The maximum Gasteiger partial charge on any atom is 0.434 e. The van der Waals surface area contributed by atoms with Crippen molar-refractivity contribution < 1.29 is 12.8 Å². The van der Waals surface area contributed by atoms with Gasteiger partial charge in [0.05, 0.1) is 0 Å². The summed E-state index contributed by atoms with van der Waals surface area (Å²) in [4.78, 5) is 11.8. The van der Waals surface area contributed by atoms with Gasteiger partial charge in [0.15, 0.2) is 0 Å². The number of nitrogens with one attached hydrogen (secondary N) is 1. The van der Waals surface area contributed by atoms with E-state index in [0.29, 0.717) is 19.0 Å². The quantitative estimate of drug-likeness (QED) is 0.527. The highest BCUT2D eigenvalue weighted by molar-refractivity contribution is 7.86. The number of rotatable bonds is 7. The normalized spacial score (nSPS) is 17.5. The molecule has 1 aromatic heterocycles. The van der Waals surface area contributed by atoms with Crippen LogP contribution >= 0.6 is 0 Å². The zero-order valence-electron chi connectivity index (χ0n) is 21.0. The summed E-state index contributed by atoms with van der Waals surface area (Å²) in [5.41, 5.74) is 5.54. The monoisotopic (exact) mass is 498 g/mol. The van der Waals surface area contributed by atoms with Crippen molar-refractivity contribution in [2.45, 2.75) is 58.4 Å². The van der Waals surface area contributed by atoms with Gasteiger partial charge in [0, 0.05) is 26.1 Å². The zero-order chi connectivity index (χ0) is 25.3. The number of benzene rings is 2. The standard InChI is InChI=1S/C26H34N4O4S/c1-17-11-12-18(2)23(19(17)3)20(4)24(25-27-28-26(31)34-25)29(5)35(32,33)30-15-13-22(14-16-30)21-9-7-6-8-10-21/h6-12,20,22,24H,13-16H2,1-5H3,(H,28,31). The third kappa shape index (κ3) is 4.98. The van der Waals surface area contributed by atoms with Crippen LogP contribution in [0.2, 0.25) is 0 Å². The number of nitrogens with zero attached hydrogens (tertiary/aromatic N) is 3. The zero-order valence-corrected chi connectivity index (χ0v) is 21.8. The Kier molecular flexibility index (Phi) is 7.30. The largest absolute Gasteiger partial charge is 0.434 e. The molecule has 4 rings (SSSR count). The molecular formula is C26H34N4O4S. The van der Waals surface area contributed by atoms with Gasteiger partial charge in [-0.1, -0.05) is 49.4 Å². The van der Waals surface area contributed by atoms with E-state index in [1.54, 1.807) is 7.05 Å². The van der Waals surface area contributed by atoms with Gasteiger partial charge < -0.3 is 4.42 Å². The first-order valence-electron chi connectivity index (χ1n) is 12.0. The van der Waals surface area contributed by atoms with Crippen LogP contribution < -0.4 is 5.76 Å². The van der Waals surface area contributed by atoms with Crippen molar-refractivity contribution in [2.75, 3.05) is 20.1 Å². The van der Waals surface area contributed by atoms with E-state index in [1.807, 2.05) is 52.0 Å². The average molecular weight is 499 g/mol. The molecular weight excluding hydrogens is 464 g/mol. The molecule has 3 aromatic rings. The minimum atomic E-state index is -3.84. The first kappa shape index (κ1) is 25.3. The van der Waals surface area contributed by atoms with E-state index >= 15 is 0 Å². The first-order chi connectivity index (χ1) is 16.6. The fraction of sp³-hybridized carbons (Fsp3) is 0.462. The molecule has 1 N–H and O–H groups in total. The fourth-order valence-electron chi connectivity index (χ4n) is 5.35. The molecule has 2 atom stereocenters. The lowest BCUT2D eigenvalue weighted by Gasteiger charge is -2.37. The summed E-state index contributed by atoms with van der Waals surface area (Å²) in [6.07, 6.45) is 1.51. The second-order valence-electron chi connectivity index (χ2n) is 9.53. The van der Waals surface area contributed by atoms with Crippen LogP contribution in [0.5, 0.6) is 0 Å². The van der Waals surface area contributed by atoms with E-state index in [9.17, 15) is 13.2 Å². The molecule has 0 spiro atoms. The molecule has 0 radical (unpaired) electrons.